The van der Waals surface area contributed by atoms with E-state index < -0.39 is 0 Å². The molecule has 0 radical (unpaired) electrons. The summed E-state index contributed by atoms with van der Waals surface area (Å²) >= 11 is 3.93. The Labute approximate surface area is 69.6 Å². The van der Waals surface area contributed by atoms with Crippen LogP contribution in [-0.2, 0) is 6.42 Å². The van der Waals surface area contributed by atoms with Crippen LogP contribution in [-0.4, -0.2) is 5.25 Å². The van der Waals surface area contributed by atoms with Crippen molar-refractivity contribution in [1.82, 2.24) is 0 Å². The molecular weight excluding hydrogens is 160 g/mol. The van der Waals surface area contributed by atoms with Crippen LogP contribution in [0.1, 0.15) is 18.9 Å². The van der Waals surface area contributed by atoms with Gasteiger partial charge in [-0.3, -0.25) is 0 Å². The molecule has 0 saturated heterocycles. The molecule has 0 amide bonds. The number of aryl methyl sites for hydroxylation is 1. The van der Waals surface area contributed by atoms with E-state index >= 15 is 0 Å². The van der Waals surface area contributed by atoms with Crippen molar-refractivity contribution in [3.05, 3.63) is 17.0 Å². The normalized spacial score (nSPS) is 24.3. The minimum atomic E-state index is 0.839. The second-order valence-corrected chi connectivity index (χ2v) is 5.32. The maximum atomic E-state index is 2.31. The lowest BCUT2D eigenvalue weighted by Crippen LogP contribution is -2.03. The number of hydrogen-bond acceptors (Lipinski definition) is 2. The summed E-state index contributed by atoms with van der Waals surface area (Å²) in [6.07, 6.45) is 2.65. The van der Waals surface area contributed by atoms with Gasteiger partial charge in [0.05, 0.1) is 4.21 Å². The summed E-state index contributed by atoms with van der Waals surface area (Å²) in [5.41, 5.74) is 1.58. The fraction of sp³-hybridized carbons (Fsp3) is 0.500. The van der Waals surface area contributed by atoms with E-state index in [-0.39, 0.29) is 0 Å². The lowest BCUT2D eigenvalue weighted by molar-refractivity contribution is 0.789. The number of hydrogen-bond donors (Lipinski definition) is 0. The van der Waals surface area contributed by atoms with E-state index in [4.69, 9.17) is 0 Å². The molecule has 2 rings (SSSR count). The summed E-state index contributed by atoms with van der Waals surface area (Å²) in [6, 6.07) is 2.26. The van der Waals surface area contributed by atoms with Gasteiger partial charge in [-0.05, 0) is 29.9 Å². The third-order valence-electron chi connectivity index (χ3n) is 1.83. The Morgan fingerprint density at radius 3 is 3.40 bits per heavy atom. The van der Waals surface area contributed by atoms with Crippen LogP contribution < -0.4 is 0 Å². The molecular formula is C8H10S2. The van der Waals surface area contributed by atoms with Gasteiger partial charge in [0, 0.05) is 5.25 Å². The summed E-state index contributed by atoms with van der Waals surface area (Å²) in [5.74, 6) is 0. The molecule has 1 aromatic heterocycles. The lowest BCUT2D eigenvalue weighted by Gasteiger charge is -2.16. The van der Waals surface area contributed by atoms with Crippen LogP contribution in [0, 0.1) is 0 Å². The van der Waals surface area contributed by atoms with Gasteiger partial charge in [0.1, 0.15) is 0 Å². The van der Waals surface area contributed by atoms with Crippen LogP contribution in [0.15, 0.2) is 15.7 Å². The highest BCUT2D eigenvalue weighted by Gasteiger charge is 2.15. The zero-order valence-corrected chi connectivity index (χ0v) is 7.60. The molecule has 10 heavy (non-hydrogen) atoms. The average Bonchev–Trinajstić information content (AvgIpc) is 2.33. The SMILES string of the molecule is CC1CCc2ccsc2S1. The van der Waals surface area contributed by atoms with E-state index in [1.165, 1.54) is 12.8 Å². The van der Waals surface area contributed by atoms with Crippen molar-refractivity contribution in [2.75, 3.05) is 0 Å². The van der Waals surface area contributed by atoms with Crippen LogP contribution >= 0.6 is 23.1 Å². The molecule has 0 aliphatic carbocycles. The highest BCUT2D eigenvalue weighted by atomic mass is 32.2. The van der Waals surface area contributed by atoms with Crippen molar-refractivity contribution < 1.29 is 0 Å². The topological polar surface area (TPSA) is 0 Å². The summed E-state index contributed by atoms with van der Waals surface area (Å²) in [4.78, 5) is 0. The summed E-state index contributed by atoms with van der Waals surface area (Å²) in [7, 11) is 0. The molecule has 0 aromatic carbocycles. The maximum Gasteiger partial charge on any atom is 0.0633 e. The van der Waals surface area contributed by atoms with Gasteiger partial charge in [0.25, 0.3) is 0 Å². The Morgan fingerprint density at radius 2 is 2.50 bits per heavy atom. The minimum absolute atomic E-state index is 0.839. The highest BCUT2D eigenvalue weighted by Crippen LogP contribution is 2.38. The molecule has 2 heterocycles. The van der Waals surface area contributed by atoms with Crippen molar-refractivity contribution in [3.63, 3.8) is 0 Å². The molecule has 0 spiro atoms. The van der Waals surface area contributed by atoms with Gasteiger partial charge in [-0.2, -0.15) is 0 Å². The van der Waals surface area contributed by atoms with E-state index in [0.29, 0.717) is 0 Å². The van der Waals surface area contributed by atoms with Crippen LogP contribution in [0.4, 0.5) is 0 Å². The first-order valence-corrected chi connectivity index (χ1v) is 5.35. The Morgan fingerprint density at radius 1 is 1.60 bits per heavy atom. The van der Waals surface area contributed by atoms with Crippen molar-refractivity contribution in [2.24, 2.45) is 0 Å². The molecule has 2 heteroatoms. The largest absolute Gasteiger partial charge is 0.137 e. The molecule has 1 aliphatic heterocycles. The molecule has 1 atom stereocenters. The zero-order chi connectivity index (χ0) is 6.97. The molecule has 0 N–H and O–H groups in total. The van der Waals surface area contributed by atoms with Gasteiger partial charge in [-0.15, -0.1) is 23.1 Å². The van der Waals surface area contributed by atoms with E-state index in [1.807, 2.05) is 23.1 Å². The summed E-state index contributed by atoms with van der Waals surface area (Å²) < 4.78 is 1.55. The predicted molar refractivity (Wildman–Crippen MR) is 48.0 cm³/mol. The van der Waals surface area contributed by atoms with Gasteiger partial charge < -0.3 is 0 Å². The van der Waals surface area contributed by atoms with Gasteiger partial charge >= 0.3 is 0 Å². The summed E-state index contributed by atoms with van der Waals surface area (Å²) in [5, 5.41) is 3.04. The van der Waals surface area contributed by atoms with Crippen LogP contribution in [0.25, 0.3) is 0 Å². The Balaban J connectivity index is 2.30. The van der Waals surface area contributed by atoms with Crippen molar-refractivity contribution in [1.29, 1.82) is 0 Å². The van der Waals surface area contributed by atoms with Gasteiger partial charge in [-0.25, -0.2) is 0 Å². The number of fused-ring (bicyclic) bond motifs is 1. The molecule has 0 nitrogen and oxygen atoms in total. The molecule has 1 unspecified atom stereocenters. The van der Waals surface area contributed by atoms with Crippen molar-refractivity contribution >= 4 is 23.1 Å². The van der Waals surface area contributed by atoms with E-state index in [1.54, 1.807) is 9.77 Å². The molecule has 0 bridgehead atoms. The standard InChI is InChI=1S/C8H10S2/c1-6-2-3-7-4-5-9-8(7)10-6/h4-6H,2-3H2,1H3. The molecule has 1 aromatic rings. The zero-order valence-electron chi connectivity index (χ0n) is 5.96. The Hall–Kier alpha value is 0.0500. The number of rotatable bonds is 0. The second kappa shape index (κ2) is 2.59. The van der Waals surface area contributed by atoms with E-state index in [0.717, 1.165) is 5.25 Å². The van der Waals surface area contributed by atoms with Crippen LogP contribution in [0.3, 0.4) is 0 Å². The minimum Gasteiger partial charge on any atom is -0.137 e. The Bertz CT molecular complexity index is 227. The lowest BCUT2D eigenvalue weighted by atomic mass is 10.1. The third kappa shape index (κ3) is 1.10. The second-order valence-electron chi connectivity index (χ2n) is 2.70. The quantitative estimate of drug-likeness (QED) is 0.576. The first kappa shape index (κ1) is 6.74. The first-order valence-electron chi connectivity index (χ1n) is 3.59. The maximum absolute atomic E-state index is 2.31. The van der Waals surface area contributed by atoms with Crippen molar-refractivity contribution in [2.45, 2.75) is 29.2 Å². The summed E-state index contributed by atoms with van der Waals surface area (Å²) in [6.45, 7) is 2.31. The fourth-order valence-corrected chi connectivity index (χ4v) is 3.69. The predicted octanol–water partition coefficient (Wildman–Crippen LogP) is 3.17. The van der Waals surface area contributed by atoms with Gasteiger partial charge in [0.15, 0.2) is 0 Å². The first-order chi connectivity index (χ1) is 4.86. The fourth-order valence-electron chi connectivity index (χ4n) is 1.21. The molecule has 1 aliphatic rings. The third-order valence-corrected chi connectivity index (χ3v) is 4.28. The average molecular weight is 170 g/mol. The molecule has 0 fully saturated rings. The Kier molecular flexibility index (Phi) is 1.75. The van der Waals surface area contributed by atoms with E-state index in [9.17, 15) is 0 Å². The number of thioether (sulfide) groups is 1. The van der Waals surface area contributed by atoms with Crippen LogP contribution in [0.5, 0.6) is 0 Å². The number of thiophene rings is 1. The molecule has 0 saturated carbocycles. The van der Waals surface area contributed by atoms with Gasteiger partial charge in [-0.1, -0.05) is 6.92 Å². The van der Waals surface area contributed by atoms with Crippen LogP contribution in [0.2, 0.25) is 0 Å². The smallest absolute Gasteiger partial charge is 0.0633 e. The highest BCUT2D eigenvalue weighted by molar-refractivity contribution is 8.01. The van der Waals surface area contributed by atoms with Gasteiger partial charge in [0.2, 0.25) is 0 Å². The monoisotopic (exact) mass is 170 g/mol. The molecule has 54 valence electrons. The van der Waals surface area contributed by atoms with E-state index in [2.05, 4.69) is 18.4 Å². The van der Waals surface area contributed by atoms with Crippen molar-refractivity contribution in [3.8, 4) is 0 Å².